The zero-order valence-corrected chi connectivity index (χ0v) is 23.9. The van der Waals surface area contributed by atoms with Gasteiger partial charge in [0.15, 0.2) is 0 Å². The number of aromatic nitrogens is 1. The minimum atomic E-state index is 0.911. The Bertz CT molecular complexity index is 2740. The summed E-state index contributed by atoms with van der Waals surface area (Å²) in [5.41, 5.74) is 7.80. The summed E-state index contributed by atoms with van der Waals surface area (Å²) in [6.45, 7) is 0. The maximum atomic E-state index is 6.32. The average molecular weight is 566 g/mol. The van der Waals surface area contributed by atoms with Crippen molar-refractivity contribution < 1.29 is 4.42 Å². The Morgan fingerprint density at radius 3 is 2.02 bits per heavy atom. The van der Waals surface area contributed by atoms with Gasteiger partial charge in [0.05, 0.1) is 21.4 Å². The molecule has 0 spiro atoms. The van der Waals surface area contributed by atoms with Crippen molar-refractivity contribution in [1.82, 2.24) is 4.57 Å². The van der Waals surface area contributed by atoms with Crippen molar-refractivity contribution in [2.45, 2.75) is 0 Å². The number of rotatable bonds is 2. The van der Waals surface area contributed by atoms with Gasteiger partial charge in [-0.1, -0.05) is 103 Å². The molecule has 0 N–H and O–H groups in total. The van der Waals surface area contributed by atoms with Crippen LogP contribution in [0.25, 0.3) is 91.5 Å². The van der Waals surface area contributed by atoms with E-state index in [9.17, 15) is 0 Å². The lowest BCUT2D eigenvalue weighted by Crippen LogP contribution is -1.97. The molecule has 0 fully saturated rings. The second kappa shape index (κ2) is 8.57. The number of hydrogen-bond donors (Lipinski definition) is 0. The smallest absolute Gasteiger partial charge is 0.136 e. The maximum absolute atomic E-state index is 6.32. The molecule has 0 aliphatic carbocycles. The van der Waals surface area contributed by atoms with E-state index in [1.54, 1.807) is 0 Å². The molecule has 43 heavy (non-hydrogen) atoms. The number of fused-ring (bicyclic) bond motifs is 13. The van der Waals surface area contributed by atoms with Crippen molar-refractivity contribution in [2.24, 2.45) is 0 Å². The van der Waals surface area contributed by atoms with Gasteiger partial charge in [-0.3, -0.25) is 0 Å². The molecular formula is C40H23NOS. The van der Waals surface area contributed by atoms with Gasteiger partial charge in [-0.05, 0) is 52.7 Å². The zero-order valence-electron chi connectivity index (χ0n) is 23.0. The lowest BCUT2D eigenvalue weighted by atomic mass is 9.98. The fourth-order valence-electron chi connectivity index (χ4n) is 7.18. The van der Waals surface area contributed by atoms with Gasteiger partial charge in [-0.25, -0.2) is 0 Å². The molecule has 3 heteroatoms. The highest BCUT2D eigenvalue weighted by molar-refractivity contribution is 7.27. The highest BCUT2D eigenvalue weighted by atomic mass is 32.1. The fraction of sp³-hybridized carbons (Fsp3) is 0. The molecule has 0 aliphatic rings. The Balaban J connectivity index is 1.37. The van der Waals surface area contributed by atoms with Gasteiger partial charge in [-0.2, -0.15) is 0 Å². The second-order valence-corrected chi connectivity index (χ2v) is 12.3. The monoisotopic (exact) mass is 565 g/mol. The maximum Gasteiger partial charge on any atom is 0.136 e. The van der Waals surface area contributed by atoms with Crippen molar-refractivity contribution in [2.75, 3.05) is 0 Å². The molecule has 200 valence electrons. The first-order valence-electron chi connectivity index (χ1n) is 14.6. The number of thiophene rings is 1. The Hall–Kier alpha value is -5.38. The van der Waals surface area contributed by atoms with E-state index in [2.05, 4.69) is 132 Å². The lowest BCUT2D eigenvalue weighted by molar-refractivity contribution is 0.669. The van der Waals surface area contributed by atoms with Crippen molar-refractivity contribution >= 4 is 86.0 Å². The molecule has 0 unspecified atom stereocenters. The van der Waals surface area contributed by atoms with Crippen LogP contribution in [-0.2, 0) is 0 Å². The van der Waals surface area contributed by atoms with Crippen LogP contribution in [-0.4, -0.2) is 4.57 Å². The molecule has 0 bridgehead atoms. The van der Waals surface area contributed by atoms with E-state index >= 15 is 0 Å². The van der Waals surface area contributed by atoms with Crippen LogP contribution in [0.5, 0.6) is 0 Å². The number of nitrogens with zero attached hydrogens (tertiary/aromatic N) is 1. The number of hydrogen-bond acceptors (Lipinski definition) is 2. The molecule has 0 saturated carbocycles. The minimum Gasteiger partial charge on any atom is -0.456 e. The molecule has 10 aromatic rings. The highest BCUT2D eigenvalue weighted by Crippen LogP contribution is 2.48. The third-order valence-electron chi connectivity index (χ3n) is 8.99. The van der Waals surface area contributed by atoms with E-state index in [1.165, 1.54) is 58.3 Å². The molecule has 0 amide bonds. The largest absolute Gasteiger partial charge is 0.456 e. The first-order chi connectivity index (χ1) is 21.3. The quantitative estimate of drug-likeness (QED) is 0.204. The second-order valence-electron chi connectivity index (χ2n) is 11.3. The number of benzene rings is 7. The van der Waals surface area contributed by atoms with Crippen LogP contribution in [0.2, 0.25) is 0 Å². The van der Waals surface area contributed by atoms with Gasteiger partial charge in [-0.15, -0.1) is 11.3 Å². The Labute approximate surface area is 250 Å². The summed E-state index contributed by atoms with van der Waals surface area (Å²) in [6, 6.07) is 50.3. The van der Waals surface area contributed by atoms with E-state index in [0.717, 1.165) is 33.2 Å². The third-order valence-corrected chi connectivity index (χ3v) is 10.2. The lowest BCUT2D eigenvalue weighted by Gasteiger charge is -2.15. The van der Waals surface area contributed by atoms with Gasteiger partial charge in [0.25, 0.3) is 0 Å². The summed E-state index contributed by atoms with van der Waals surface area (Å²) in [5.74, 6) is 0. The Morgan fingerprint density at radius 2 is 1.14 bits per heavy atom. The van der Waals surface area contributed by atoms with Crippen molar-refractivity contribution in [3.63, 3.8) is 0 Å². The first kappa shape index (κ1) is 23.2. The minimum absolute atomic E-state index is 0.911. The Kier molecular flexibility index (Phi) is 4.63. The SMILES string of the molecule is c1ccc(-n2c3ccccc3c3c4ccccc4c4c5ccccc5sc4c32)c(-c2ccc3c(c2)oc2ccccc23)c1. The van der Waals surface area contributed by atoms with Gasteiger partial charge < -0.3 is 8.98 Å². The van der Waals surface area contributed by atoms with Gasteiger partial charge in [0, 0.05) is 42.6 Å². The summed E-state index contributed by atoms with van der Waals surface area (Å²) >= 11 is 1.90. The average Bonchev–Trinajstić information content (AvgIpc) is 3.74. The molecule has 3 heterocycles. The third kappa shape index (κ3) is 3.12. The zero-order chi connectivity index (χ0) is 28.1. The van der Waals surface area contributed by atoms with E-state index in [1.807, 2.05) is 23.5 Å². The van der Waals surface area contributed by atoms with Crippen molar-refractivity contribution in [3.8, 4) is 16.8 Å². The summed E-state index contributed by atoms with van der Waals surface area (Å²) in [7, 11) is 0. The van der Waals surface area contributed by atoms with Crippen LogP contribution < -0.4 is 0 Å². The van der Waals surface area contributed by atoms with Crippen LogP contribution in [0, 0.1) is 0 Å². The van der Waals surface area contributed by atoms with Crippen molar-refractivity contribution in [3.05, 3.63) is 140 Å². The van der Waals surface area contributed by atoms with Gasteiger partial charge in [0.1, 0.15) is 11.2 Å². The predicted octanol–water partition coefficient (Wildman–Crippen LogP) is 11.9. The predicted molar refractivity (Wildman–Crippen MR) is 184 cm³/mol. The normalized spacial score (nSPS) is 12.2. The number of furan rings is 1. The van der Waals surface area contributed by atoms with E-state index in [-0.39, 0.29) is 0 Å². The molecule has 7 aromatic carbocycles. The van der Waals surface area contributed by atoms with Crippen LogP contribution in [0.1, 0.15) is 0 Å². The molecular weight excluding hydrogens is 543 g/mol. The van der Waals surface area contributed by atoms with E-state index in [4.69, 9.17) is 4.42 Å². The fourth-order valence-corrected chi connectivity index (χ4v) is 8.44. The molecule has 0 atom stereocenters. The van der Waals surface area contributed by atoms with Gasteiger partial charge >= 0.3 is 0 Å². The Morgan fingerprint density at radius 1 is 0.488 bits per heavy atom. The van der Waals surface area contributed by atoms with Crippen LogP contribution in [0.15, 0.2) is 144 Å². The van der Waals surface area contributed by atoms with E-state index in [0.29, 0.717) is 0 Å². The molecule has 10 rings (SSSR count). The highest BCUT2D eigenvalue weighted by Gasteiger charge is 2.23. The number of para-hydroxylation sites is 3. The van der Waals surface area contributed by atoms with E-state index < -0.39 is 0 Å². The van der Waals surface area contributed by atoms with Crippen molar-refractivity contribution in [1.29, 1.82) is 0 Å². The molecule has 3 aromatic heterocycles. The summed E-state index contributed by atoms with van der Waals surface area (Å²) in [5, 5.41) is 10.2. The van der Waals surface area contributed by atoms with Crippen LogP contribution in [0.4, 0.5) is 0 Å². The molecule has 0 aliphatic heterocycles. The first-order valence-corrected chi connectivity index (χ1v) is 15.4. The molecule has 2 nitrogen and oxygen atoms in total. The van der Waals surface area contributed by atoms with Crippen LogP contribution >= 0.6 is 11.3 Å². The summed E-state index contributed by atoms with van der Waals surface area (Å²) in [4.78, 5) is 0. The summed E-state index contributed by atoms with van der Waals surface area (Å²) in [6.07, 6.45) is 0. The standard InChI is InChI=1S/C40H23NOS/c1-2-14-29-28(13-1)37-30-15-4-8-18-33(30)41(39(37)40-38(29)31-16-6-10-20-36(31)43-40)32-17-7-3-11-25(32)24-21-22-27-26-12-5-9-19-34(26)42-35(27)23-24/h1-23H. The van der Waals surface area contributed by atoms with Gasteiger partial charge in [0.2, 0.25) is 0 Å². The molecule has 0 saturated heterocycles. The molecule has 0 radical (unpaired) electrons. The van der Waals surface area contributed by atoms with Crippen LogP contribution in [0.3, 0.4) is 0 Å². The summed E-state index contributed by atoms with van der Waals surface area (Å²) < 4.78 is 11.5. The topological polar surface area (TPSA) is 18.1 Å².